The Kier molecular flexibility index (Phi) is 7.46. The number of aryl methyl sites for hydroxylation is 2. The van der Waals surface area contributed by atoms with Gasteiger partial charge in [0, 0.05) is 10.5 Å². The lowest BCUT2D eigenvalue weighted by Crippen LogP contribution is -2.05. The molecule has 0 aromatic carbocycles. The van der Waals surface area contributed by atoms with Gasteiger partial charge in [-0.3, -0.25) is 0 Å². The van der Waals surface area contributed by atoms with Crippen LogP contribution in [0.3, 0.4) is 0 Å². The summed E-state index contributed by atoms with van der Waals surface area (Å²) in [4.78, 5) is 10.4. The normalized spacial score (nSPS) is 16.9. The monoisotopic (exact) mass is 440 g/mol. The van der Waals surface area contributed by atoms with Crippen LogP contribution in [0.2, 0.25) is 0 Å². The molecule has 0 atom stereocenters. The van der Waals surface area contributed by atoms with Crippen LogP contribution in [0.15, 0.2) is 22.2 Å². The molecular weight excluding hydrogens is 404 g/mol. The molecule has 0 saturated heterocycles. The van der Waals surface area contributed by atoms with Crippen LogP contribution in [0.25, 0.3) is 11.4 Å². The quantitative estimate of drug-likeness (QED) is 0.352. The standard InChI is InChI=1S/C26H36N2S2/c1-17(2)29-25-21-13-9-5-7-11-19(21)15-23(27-25)24-16-20-12-8-6-10-14-22(20)26(28-24)30-18(3)4/h15-18H,5-14H2,1-4H3. The van der Waals surface area contributed by atoms with Gasteiger partial charge in [0.2, 0.25) is 0 Å². The van der Waals surface area contributed by atoms with Crippen LogP contribution in [-0.4, -0.2) is 20.5 Å². The van der Waals surface area contributed by atoms with Gasteiger partial charge in [-0.1, -0.05) is 40.5 Å². The molecule has 0 aliphatic heterocycles. The van der Waals surface area contributed by atoms with Gasteiger partial charge in [-0.2, -0.15) is 0 Å². The first-order valence-electron chi connectivity index (χ1n) is 11.9. The molecule has 4 rings (SSSR count). The summed E-state index contributed by atoms with van der Waals surface area (Å²) >= 11 is 3.87. The van der Waals surface area contributed by atoms with Gasteiger partial charge < -0.3 is 0 Å². The summed E-state index contributed by atoms with van der Waals surface area (Å²) in [6.07, 6.45) is 12.6. The van der Waals surface area contributed by atoms with Gasteiger partial charge in [0.25, 0.3) is 0 Å². The maximum absolute atomic E-state index is 5.22. The van der Waals surface area contributed by atoms with Crippen molar-refractivity contribution in [1.82, 2.24) is 9.97 Å². The lowest BCUT2D eigenvalue weighted by Gasteiger charge is -2.18. The van der Waals surface area contributed by atoms with E-state index in [1.54, 1.807) is 0 Å². The van der Waals surface area contributed by atoms with Gasteiger partial charge in [-0.25, -0.2) is 9.97 Å². The van der Waals surface area contributed by atoms with E-state index in [0.717, 1.165) is 11.4 Å². The van der Waals surface area contributed by atoms with Crippen LogP contribution in [-0.2, 0) is 25.7 Å². The lowest BCUT2D eigenvalue weighted by atomic mass is 10.0. The first-order chi connectivity index (χ1) is 14.5. The van der Waals surface area contributed by atoms with E-state index in [9.17, 15) is 0 Å². The van der Waals surface area contributed by atoms with E-state index >= 15 is 0 Å². The zero-order valence-electron chi connectivity index (χ0n) is 19.1. The number of hydrogen-bond donors (Lipinski definition) is 0. The summed E-state index contributed by atoms with van der Waals surface area (Å²) in [5.41, 5.74) is 8.27. The third kappa shape index (κ3) is 5.24. The number of fused-ring (bicyclic) bond motifs is 2. The molecule has 0 radical (unpaired) electrons. The Bertz CT molecular complexity index is 816. The fourth-order valence-corrected chi connectivity index (χ4v) is 6.62. The van der Waals surface area contributed by atoms with Crippen molar-refractivity contribution in [3.8, 4) is 11.4 Å². The number of hydrogen-bond acceptors (Lipinski definition) is 4. The molecule has 0 amide bonds. The van der Waals surface area contributed by atoms with E-state index in [1.807, 2.05) is 23.5 Å². The number of aromatic nitrogens is 2. The second kappa shape index (κ2) is 10.1. The molecule has 0 fully saturated rings. The van der Waals surface area contributed by atoms with Crippen molar-refractivity contribution in [1.29, 1.82) is 0 Å². The van der Waals surface area contributed by atoms with Crippen molar-refractivity contribution < 1.29 is 0 Å². The van der Waals surface area contributed by atoms with Crippen LogP contribution in [0.4, 0.5) is 0 Å². The first-order valence-corrected chi connectivity index (χ1v) is 13.7. The predicted octanol–water partition coefficient (Wildman–Crippen LogP) is 7.68. The molecule has 2 aromatic rings. The van der Waals surface area contributed by atoms with E-state index in [-0.39, 0.29) is 0 Å². The number of pyridine rings is 2. The molecule has 2 aliphatic rings. The Morgan fingerprint density at radius 2 is 1.00 bits per heavy atom. The molecule has 0 N–H and O–H groups in total. The van der Waals surface area contributed by atoms with E-state index in [2.05, 4.69) is 39.8 Å². The maximum Gasteiger partial charge on any atom is 0.100 e. The number of nitrogens with zero attached hydrogens (tertiary/aromatic N) is 2. The van der Waals surface area contributed by atoms with E-state index < -0.39 is 0 Å². The van der Waals surface area contributed by atoms with Crippen LogP contribution in [0.1, 0.15) is 88.5 Å². The molecule has 162 valence electrons. The average molecular weight is 441 g/mol. The highest BCUT2D eigenvalue weighted by Crippen LogP contribution is 2.37. The summed E-state index contributed by atoms with van der Waals surface area (Å²) in [5.74, 6) is 0. The topological polar surface area (TPSA) is 25.8 Å². The smallest absolute Gasteiger partial charge is 0.100 e. The van der Waals surface area contributed by atoms with Gasteiger partial charge >= 0.3 is 0 Å². The summed E-state index contributed by atoms with van der Waals surface area (Å²) in [6.45, 7) is 9.11. The van der Waals surface area contributed by atoms with Crippen molar-refractivity contribution in [3.05, 3.63) is 34.4 Å². The SMILES string of the molecule is CC(C)Sc1nc(-c2cc3c(c(SC(C)C)n2)CCCCC3)cc2c1CCCCC2. The molecular formula is C26H36N2S2. The molecule has 2 aromatic heterocycles. The van der Waals surface area contributed by atoms with E-state index in [1.165, 1.54) is 96.5 Å². The number of thioether (sulfide) groups is 2. The highest BCUT2D eigenvalue weighted by molar-refractivity contribution is 8.00. The summed E-state index contributed by atoms with van der Waals surface area (Å²) in [7, 11) is 0. The van der Waals surface area contributed by atoms with Crippen LogP contribution < -0.4 is 0 Å². The first kappa shape index (κ1) is 22.2. The van der Waals surface area contributed by atoms with Crippen LogP contribution in [0, 0.1) is 0 Å². The molecule has 2 heterocycles. The minimum Gasteiger partial charge on any atom is -0.240 e. The molecule has 0 bridgehead atoms. The van der Waals surface area contributed by atoms with Crippen molar-refractivity contribution in [3.63, 3.8) is 0 Å². The van der Waals surface area contributed by atoms with E-state index in [0.29, 0.717) is 10.5 Å². The zero-order valence-corrected chi connectivity index (χ0v) is 20.7. The average Bonchev–Trinajstić information content (AvgIpc) is 3.07. The molecule has 0 saturated carbocycles. The van der Waals surface area contributed by atoms with Crippen molar-refractivity contribution in [2.75, 3.05) is 0 Å². The van der Waals surface area contributed by atoms with Crippen molar-refractivity contribution in [2.45, 2.75) is 112 Å². The Morgan fingerprint density at radius 1 is 0.600 bits per heavy atom. The fraction of sp³-hybridized carbons (Fsp3) is 0.615. The van der Waals surface area contributed by atoms with Crippen LogP contribution >= 0.6 is 23.5 Å². The van der Waals surface area contributed by atoms with Gasteiger partial charge in [0.15, 0.2) is 0 Å². The third-order valence-electron chi connectivity index (χ3n) is 6.06. The predicted molar refractivity (Wildman–Crippen MR) is 132 cm³/mol. The Balaban J connectivity index is 1.82. The zero-order chi connectivity index (χ0) is 21.1. The largest absolute Gasteiger partial charge is 0.240 e. The van der Waals surface area contributed by atoms with Gasteiger partial charge in [-0.05, 0) is 85.8 Å². The lowest BCUT2D eigenvalue weighted by molar-refractivity contribution is 0.709. The Hall–Kier alpha value is -1.00. The highest BCUT2D eigenvalue weighted by atomic mass is 32.2. The summed E-state index contributed by atoms with van der Waals surface area (Å²) in [5, 5.41) is 3.61. The van der Waals surface area contributed by atoms with Crippen molar-refractivity contribution in [2.24, 2.45) is 0 Å². The van der Waals surface area contributed by atoms with Crippen molar-refractivity contribution >= 4 is 23.5 Å². The van der Waals surface area contributed by atoms with Gasteiger partial charge in [0.05, 0.1) is 11.4 Å². The Labute approximate surface area is 191 Å². The van der Waals surface area contributed by atoms with Crippen LogP contribution in [0.5, 0.6) is 0 Å². The van der Waals surface area contributed by atoms with E-state index in [4.69, 9.17) is 9.97 Å². The second-order valence-electron chi connectivity index (χ2n) is 9.36. The second-order valence-corrected chi connectivity index (χ2v) is 12.5. The molecule has 0 spiro atoms. The molecule has 0 unspecified atom stereocenters. The minimum absolute atomic E-state index is 0.548. The number of rotatable bonds is 5. The third-order valence-corrected chi connectivity index (χ3v) is 8.13. The van der Waals surface area contributed by atoms with Gasteiger partial charge in [0.1, 0.15) is 10.1 Å². The highest BCUT2D eigenvalue weighted by Gasteiger charge is 2.21. The summed E-state index contributed by atoms with van der Waals surface area (Å²) < 4.78 is 0. The fourth-order valence-electron chi connectivity index (χ4n) is 4.67. The molecule has 30 heavy (non-hydrogen) atoms. The van der Waals surface area contributed by atoms with Gasteiger partial charge in [-0.15, -0.1) is 23.5 Å². The molecule has 2 nitrogen and oxygen atoms in total. The summed E-state index contributed by atoms with van der Waals surface area (Å²) in [6, 6.07) is 4.75. The maximum atomic E-state index is 5.22. The molecule has 2 aliphatic carbocycles. The minimum atomic E-state index is 0.548. The molecule has 4 heteroatoms. The Morgan fingerprint density at radius 3 is 1.40 bits per heavy atom.